The highest BCUT2D eigenvalue weighted by atomic mass is 16.1. The van der Waals surface area contributed by atoms with Gasteiger partial charge < -0.3 is 4.79 Å². The summed E-state index contributed by atoms with van der Waals surface area (Å²) in [5.74, 6) is -1.32. The van der Waals surface area contributed by atoms with Crippen molar-refractivity contribution in [3.63, 3.8) is 0 Å². The molecule has 1 heteroatoms. The molecule has 0 bridgehead atoms. The van der Waals surface area contributed by atoms with Gasteiger partial charge in [0.2, 0.25) is 0 Å². The molecule has 0 aromatic heterocycles. The summed E-state index contributed by atoms with van der Waals surface area (Å²) in [6.07, 6.45) is -0.535. The Bertz CT molecular complexity index is 293. The van der Waals surface area contributed by atoms with E-state index in [2.05, 4.69) is 0 Å². The zero-order valence-corrected chi connectivity index (χ0v) is 6.50. The monoisotopic (exact) mass is 150 g/mol. The maximum Gasteiger partial charge on any atom is 0.123 e. The maximum absolute atomic E-state index is 10.7. The van der Waals surface area contributed by atoms with Crippen LogP contribution < -0.4 is 0 Å². The van der Waals surface area contributed by atoms with Crippen LogP contribution in [0.1, 0.15) is 15.2 Å². The van der Waals surface area contributed by atoms with Crippen LogP contribution in [0.25, 0.3) is 0 Å². The third-order valence-corrected chi connectivity index (χ3v) is 1.49. The molecule has 1 aromatic rings. The van der Waals surface area contributed by atoms with E-state index < -0.39 is 12.2 Å². The highest BCUT2D eigenvalue weighted by Gasteiger charge is 1.99. The first-order valence-electron chi connectivity index (χ1n) is 4.57. The first-order valence-corrected chi connectivity index (χ1v) is 3.57. The number of carbonyl (C=O) groups excluding carboxylic acids is 1. The standard InChI is InChI=1S/C10H12O/c1-9(8-11)7-10-5-3-2-4-6-10/h2-6,8-9H,7H2,1H3/i8D,9D. The van der Waals surface area contributed by atoms with Gasteiger partial charge in [0.15, 0.2) is 0 Å². The molecule has 58 valence electrons. The molecule has 0 saturated carbocycles. The lowest BCUT2D eigenvalue weighted by Gasteiger charge is -2.01. The quantitative estimate of drug-likeness (QED) is 0.603. The van der Waals surface area contributed by atoms with Crippen LogP contribution in [0.15, 0.2) is 30.3 Å². The van der Waals surface area contributed by atoms with Gasteiger partial charge in [-0.2, -0.15) is 0 Å². The summed E-state index contributed by atoms with van der Waals surface area (Å²) in [7, 11) is 0. The topological polar surface area (TPSA) is 17.1 Å². The fourth-order valence-electron chi connectivity index (χ4n) is 0.938. The number of benzene rings is 1. The molecule has 0 amide bonds. The average Bonchev–Trinajstić information content (AvgIpc) is 2.05. The van der Waals surface area contributed by atoms with Crippen LogP contribution in [-0.2, 0) is 11.2 Å². The van der Waals surface area contributed by atoms with Crippen LogP contribution in [0.5, 0.6) is 0 Å². The molecular weight excluding hydrogens is 136 g/mol. The zero-order chi connectivity index (χ0) is 9.90. The lowest BCUT2D eigenvalue weighted by atomic mass is 10.0. The Morgan fingerprint density at radius 3 is 2.82 bits per heavy atom. The molecular formula is C10H12O. The van der Waals surface area contributed by atoms with Gasteiger partial charge in [-0.15, -0.1) is 0 Å². The molecule has 0 fully saturated rings. The molecule has 11 heavy (non-hydrogen) atoms. The minimum Gasteiger partial charge on any atom is -0.303 e. The van der Waals surface area contributed by atoms with Crippen molar-refractivity contribution in [1.82, 2.24) is 0 Å². The highest BCUT2D eigenvalue weighted by Crippen LogP contribution is 2.05. The van der Waals surface area contributed by atoms with E-state index in [1.165, 1.54) is 6.92 Å². The van der Waals surface area contributed by atoms with E-state index in [1.54, 1.807) is 0 Å². The van der Waals surface area contributed by atoms with Gasteiger partial charge >= 0.3 is 0 Å². The number of hydrogen-bond acceptors (Lipinski definition) is 1. The van der Waals surface area contributed by atoms with Crippen molar-refractivity contribution in [2.75, 3.05) is 0 Å². The summed E-state index contributed by atoms with van der Waals surface area (Å²) in [4.78, 5) is 10.7. The van der Waals surface area contributed by atoms with Crippen molar-refractivity contribution >= 4 is 6.26 Å². The maximum atomic E-state index is 10.7. The van der Waals surface area contributed by atoms with E-state index in [-0.39, 0.29) is 0 Å². The summed E-state index contributed by atoms with van der Waals surface area (Å²) in [6, 6.07) is 9.32. The first kappa shape index (κ1) is 5.53. The van der Waals surface area contributed by atoms with Crippen molar-refractivity contribution in [1.29, 1.82) is 0 Å². The fraction of sp³-hybridized carbons (Fsp3) is 0.300. The Kier molecular flexibility index (Phi) is 1.97. The third-order valence-electron chi connectivity index (χ3n) is 1.49. The number of hydrogen-bond donors (Lipinski definition) is 0. The van der Waals surface area contributed by atoms with Crippen LogP contribution in [0.4, 0.5) is 0 Å². The number of aldehydes is 1. The van der Waals surface area contributed by atoms with Crippen LogP contribution >= 0.6 is 0 Å². The third kappa shape index (κ3) is 2.54. The van der Waals surface area contributed by atoms with E-state index in [1.807, 2.05) is 30.3 Å². The predicted octanol–water partition coefficient (Wildman–Crippen LogP) is 2.06. The number of rotatable bonds is 3. The Labute approximate surface area is 69.9 Å². The van der Waals surface area contributed by atoms with Crippen LogP contribution in [-0.4, -0.2) is 6.26 Å². The van der Waals surface area contributed by atoms with Gasteiger partial charge in [-0.25, -0.2) is 0 Å². The lowest BCUT2D eigenvalue weighted by Crippen LogP contribution is -1.99. The molecule has 1 atom stereocenters. The van der Waals surface area contributed by atoms with Crippen molar-refractivity contribution in [2.45, 2.75) is 13.3 Å². The largest absolute Gasteiger partial charge is 0.303 e. The lowest BCUT2D eigenvalue weighted by molar-refractivity contribution is -0.110. The minimum atomic E-state index is -1.32. The Balaban J connectivity index is 2.75. The highest BCUT2D eigenvalue weighted by molar-refractivity contribution is 5.53. The fourth-order valence-corrected chi connectivity index (χ4v) is 0.938. The second-order valence-corrected chi connectivity index (χ2v) is 2.54. The molecule has 1 aromatic carbocycles. The Morgan fingerprint density at radius 2 is 2.27 bits per heavy atom. The summed E-state index contributed by atoms with van der Waals surface area (Å²) >= 11 is 0. The van der Waals surface area contributed by atoms with Gasteiger partial charge in [0.1, 0.15) is 7.63 Å². The van der Waals surface area contributed by atoms with Gasteiger partial charge in [0.05, 0.1) is 0 Å². The minimum absolute atomic E-state index is 0.302. The normalized spacial score (nSPS) is 17.9. The van der Waals surface area contributed by atoms with E-state index in [4.69, 9.17) is 2.74 Å². The molecule has 0 radical (unpaired) electrons. The summed E-state index contributed by atoms with van der Waals surface area (Å²) < 4.78 is 14.5. The van der Waals surface area contributed by atoms with E-state index in [9.17, 15) is 4.79 Å². The first-order chi connectivity index (χ1) is 6.02. The molecule has 1 nitrogen and oxygen atoms in total. The van der Waals surface area contributed by atoms with Gasteiger partial charge in [-0.1, -0.05) is 37.3 Å². The van der Waals surface area contributed by atoms with Gasteiger partial charge in [0, 0.05) is 7.26 Å². The molecule has 0 spiro atoms. The molecule has 0 heterocycles. The van der Waals surface area contributed by atoms with E-state index in [0.29, 0.717) is 6.42 Å². The van der Waals surface area contributed by atoms with Crippen molar-refractivity contribution in [3.05, 3.63) is 35.9 Å². The zero-order valence-electron chi connectivity index (χ0n) is 8.50. The Morgan fingerprint density at radius 1 is 1.64 bits per heavy atom. The second-order valence-electron chi connectivity index (χ2n) is 2.54. The van der Waals surface area contributed by atoms with E-state index in [0.717, 1.165) is 5.56 Å². The smallest absolute Gasteiger partial charge is 0.123 e. The van der Waals surface area contributed by atoms with Crippen LogP contribution in [0.2, 0.25) is 0 Å². The predicted molar refractivity (Wildman–Crippen MR) is 45.4 cm³/mol. The second kappa shape index (κ2) is 3.91. The summed E-state index contributed by atoms with van der Waals surface area (Å²) in [5, 5.41) is 0. The molecule has 0 saturated heterocycles. The van der Waals surface area contributed by atoms with Gasteiger partial charge in [-0.05, 0) is 12.0 Å². The summed E-state index contributed by atoms with van der Waals surface area (Å²) in [6.45, 7) is 1.47. The van der Waals surface area contributed by atoms with Crippen LogP contribution in [0.3, 0.4) is 0 Å². The van der Waals surface area contributed by atoms with Gasteiger partial charge in [0.25, 0.3) is 0 Å². The van der Waals surface area contributed by atoms with E-state index >= 15 is 0 Å². The van der Waals surface area contributed by atoms with Gasteiger partial charge in [-0.3, -0.25) is 0 Å². The van der Waals surface area contributed by atoms with Crippen molar-refractivity contribution in [3.8, 4) is 0 Å². The molecule has 0 aliphatic carbocycles. The average molecular weight is 150 g/mol. The SMILES string of the molecule is [2H]C(=O)C([2H])(C)Cc1ccccc1. The molecule has 0 aliphatic rings. The Hall–Kier alpha value is -1.11. The number of carbonyl (C=O) groups is 1. The van der Waals surface area contributed by atoms with Crippen molar-refractivity contribution < 1.29 is 7.54 Å². The molecule has 0 aliphatic heterocycles. The van der Waals surface area contributed by atoms with Crippen molar-refractivity contribution in [2.24, 2.45) is 5.89 Å². The molecule has 0 N–H and O–H groups in total. The molecule has 1 unspecified atom stereocenters. The summed E-state index contributed by atoms with van der Waals surface area (Å²) in [5.41, 5.74) is 0.917. The van der Waals surface area contributed by atoms with Crippen LogP contribution in [0, 0.1) is 5.89 Å². The molecule has 1 rings (SSSR count).